The third-order valence-electron chi connectivity index (χ3n) is 2.44. The van der Waals surface area contributed by atoms with Crippen LogP contribution in [0.3, 0.4) is 0 Å². The van der Waals surface area contributed by atoms with Gasteiger partial charge in [-0.2, -0.15) is 13.2 Å². The average molecular weight is 265 g/mol. The molecule has 0 saturated heterocycles. The second-order valence-corrected chi connectivity index (χ2v) is 3.90. The van der Waals surface area contributed by atoms with Crippen molar-refractivity contribution in [3.63, 3.8) is 0 Å². The molecule has 0 heterocycles. The summed E-state index contributed by atoms with van der Waals surface area (Å²) in [5, 5.41) is 11.3. The third-order valence-corrected chi connectivity index (χ3v) is 2.44. The Morgan fingerprint density at radius 2 is 1.83 bits per heavy atom. The van der Waals surface area contributed by atoms with Crippen molar-refractivity contribution < 1.29 is 22.7 Å². The van der Waals surface area contributed by atoms with Crippen molar-refractivity contribution >= 4 is 5.69 Å². The SMILES string of the molecule is OCCCCCNc1ccc(F)c(C(F)(F)F)c1. The van der Waals surface area contributed by atoms with E-state index in [4.69, 9.17) is 5.11 Å². The lowest BCUT2D eigenvalue weighted by Gasteiger charge is -2.11. The highest BCUT2D eigenvalue weighted by Crippen LogP contribution is 2.32. The van der Waals surface area contributed by atoms with Gasteiger partial charge in [0.15, 0.2) is 0 Å². The first-order valence-electron chi connectivity index (χ1n) is 5.66. The molecule has 0 aromatic heterocycles. The lowest BCUT2D eigenvalue weighted by Crippen LogP contribution is -2.10. The van der Waals surface area contributed by atoms with E-state index in [1.165, 1.54) is 6.07 Å². The fraction of sp³-hybridized carbons (Fsp3) is 0.500. The molecule has 0 fully saturated rings. The van der Waals surface area contributed by atoms with Crippen LogP contribution in [0.15, 0.2) is 18.2 Å². The minimum atomic E-state index is -4.68. The van der Waals surface area contributed by atoms with Crippen molar-refractivity contribution in [2.24, 2.45) is 0 Å². The van der Waals surface area contributed by atoms with E-state index in [1.807, 2.05) is 0 Å². The maximum atomic E-state index is 13.0. The largest absolute Gasteiger partial charge is 0.419 e. The fourth-order valence-corrected chi connectivity index (χ4v) is 1.50. The Morgan fingerprint density at radius 3 is 2.44 bits per heavy atom. The molecular weight excluding hydrogens is 250 g/mol. The minimum Gasteiger partial charge on any atom is -0.396 e. The summed E-state index contributed by atoms with van der Waals surface area (Å²) < 4.78 is 50.2. The molecule has 0 amide bonds. The van der Waals surface area contributed by atoms with Crippen LogP contribution in [0.25, 0.3) is 0 Å². The fourth-order valence-electron chi connectivity index (χ4n) is 1.50. The van der Waals surface area contributed by atoms with E-state index in [9.17, 15) is 17.6 Å². The number of alkyl halides is 3. The quantitative estimate of drug-likeness (QED) is 0.610. The van der Waals surface area contributed by atoms with Gasteiger partial charge in [-0.05, 0) is 37.5 Å². The van der Waals surface area contributed by atoms with Gasteiger partial charge in [-0.1, -0.05) is 0 Å². The van der Waals surface area contributed by atoms with Crippen LogP contribution in [0.4, 0.5) is 23.2 Å². The van der Waals surface area contributed by atoms with Crippen LogP contribution < -0.4 is 5.32 Å². The van der Waals surface area contributed by atoms with Crippen molar-refractivity contribution in [3.05, 3.63) is 29.6 Å². The van der Waals surface area contributed by atoms with Gasteiger partial charge in [-0.15, -0.1) is 0 Å². The number of hydrogen-bond acceptors (Lipinski definition) is 2. The van der Waals surface area contributed by atoms with E-state index >= 15 is 0 Å². The zero-order valence-electron chi connectivity index (χ0n) is 9.73. The number of hydrogen-bond donors (Lipinski definition) is 2. The molecule has 0 unspecified atom stereocenters. The topological polar surface area (TPSA) is 32.3 Å². The third kappa shape index (κ3) is 4.52. The Balaban J connectivity index is 2.57. The molecule has 6 heteroatoms. The van der Waals surface area contributed by atoms with E-state index in [0.717, 1.165) is 25.0 Å². The van der Waals surface area contributed by atoms with Crippen LogP contribution in [0, 0.1) is 5.82 Å². The van der Waals surface area contributed by atoms with Gasteiger partial charge in [-0.25, -0.2) is 4.39 Å². The molecule has 0 spiro atoms. The lowest BCUT2D eigenvalue weighted by molar-refractivity contribution is -0.139. The Kier molecular flexibility index (Phi) is 5.40. The van der Waals surface area contributed by atoms with E-state index in [2.05, 4.69) is 5.32 Å². The molecule has 2 N–H and O–H groups in total. The molecule has 0 saturated carbocycles. The highest BCUT2D eigenvalue weighted by Gasteiger charge is 2.34. The molecule has 18 heavy (non-hydrogen) atoms. The minimum absolute atomic E-state index is 0.106. The summed E-state index contributed by atoms with van der Waals surface area (Å²) >= 11 is 0. The first kappa shape index (κ1) is 14.8. The van der Waals surface area contributed by atoms with Gasteiger partial charge in [0, 0.05) is 18.8 Å². The van der Waals surface area contributed by atoms with Crippen LogP contribution in [-0.4, -0.2) is 18.3 Å². The lowest BCUT2D eigenvalue weighted by atomic mass is 10.1. The normalized spacial score (nSPS) is 11.6. The number of aliphatic hydroxyl groups excluding tert-OH is 1. The predicted octanol–water partition coefficient (Wildman–Crippen LogP) is 3.42. The monoisotopic (exact) mass is 265 g/mol. The summed E-state index contributed by atoms with van der Waals surface area (Å²) in [5.74, 6) is -1.27. The molecule has 0 atom stereocenters. The molecule has 0 bridgehead atoms. The molecule has 0 aliphatic heterocycles. The molecular formula is C12H15F4NO. The first-order chi connectivity index (χ1) is 8.45. The summed E-state index contributed by atoms with van der Waals surface area (Å²) in [6.45, 7) is 0.595. The van der Waals surface area contributed by atoms with Crippen molar-refractivity contribution in [1.82, 2.24) is 0 Å². The summed E-state index contributed by atoms with van der Waals surface area (Å²) in [6, 6.07) is 2.84. The molecule has 1 aromatic carbocycles. The van der Waals surface area contributed by atoms with Gasteiger partial charge in [0.25, 0.3) is 0 Å². The number of anilines is 1. The van der Waals surface area contributed by atoms with Gasteiger partial charge >= 0.3 is 6.18 Å². The number of unbranched alkanes of at least 4 members (excludes halogenated alkanes) is 2. The standard InChI is InChI=1S/C12H15F4NO/c13-11-5-4-9(8-10(11)12(14,15)16)17-6-2-1-3-7-18/h4-5,8,17-18H,1-3,6-7H2. The Labute approximate surface area is 103 Å². The highest BCUT2D eigenvalue weighted by molar-refractivity contribution is 5.47. The maximum Gasteiger partial charge on any atom is 0.419 e. The second kappa shape index (κ2) is 6.58. The van der Waals surface area contributed by atoms with Crippen LogP contribution >= 0.6 is 0 Å². The van der Waals surface area contributed by atoms with Crippen LogP contribution in [0.2, 0.25) is 0 Å². The molecule has 0 aliphatic carbocycles. The summed E-state index contributed by atoms with van der Waals surface area (Å²) in [5.41, 5.74) is -1.02. The van der Waals surface area contributed by atoms with E-state index in [1.54, 1.807) is 0 Å². The van der Waals surface area contributed by atoms with Crippen LogP contribution in [0.5, 0.6) is 0 Å². The van der Waals surface area contributed by atoms with Crippen molar-refractivity contribution in [1.29, 1.82) is 0 Å². The smallest absolute Gasteiger partial charge is 0.396 e. The number of benzene rings is 1. The average Bonchev–Trinajstić information content (AvgIpc) is 2.29. The van der Waals surface area contributed by atoms with Crippen molar-refractivity contribution in [3.8, 4) is 0 Å². The Hall–Kier alpha value is -1.30. The van der Waals surface area contributed by atoms with Crippen LogP contribution in [0.1, 0.15) is 24.8 Å². The van der Waals surface area contributed by atoms with Gasteiger partial charge < -0.3 is 10.4 Å². The van der Waals surface area contributed by atoms with Crippen LogP contribution in [-0.2, 0) is 6.18 Å². The Bertz CT molecular complexity index is 379. The summed E-state index contributed by atoms with van der Waals surface area (Å²) in [7, 11) is 0. The Morgan fingerprint density at radius 1 is 1.11 bits per heavy atom. The van der Waals surface area contributed by atoms with Crippen molar-refractivity contribution in [2.75, 3.05) is 18.5 Å². The summed E-state index contributed by atoms with van der Waals surface area (Å²) in [4.78, 5) is 0. The molecule has 1 rings (SSSR count). The number of halogens is 4. The van der Waals surface area contributed by atoms with Gasteiger partial charge in [0.05, 0.1) is 5.56 Å². The maximum absolute atomic E-state index is 13.0. The molecule has 102 valence electrons. The zero-order valence-corrected chi connectivity index (χ0v) is 9.73. The zero-order chi connectivity index (χ0) is 13.6. The van der Waals surface area contributed by atoms with Gasteiger partial charge in [0.2, 0.25) is 0 Å². The predicted molar refractivity (Wildman–Crippen MR) is 60.8 cm³/mol. The molecule has 2 nitrogen and oxygen atoms in total. The van der Waals surface area contributed by atoms with Crippen molar-refractivity contribution in [2.45, 2.75) is 25.4 Å². The molecule has 0 aliphatic rings. The molecule has 0 radical (unpaired) electrons. The van der Waals surface area contributed by atoms with E-state index < -0.39 is 17.6 Å². The first-order valence-corrected chi connectivity index (χ1v) is 5.66. The number of rotatable bonds is 6. The van der Waals surface area contributed by atoms with E-state index in [-0.39, 0.29) is 12.3 Å². The highest BCUT2D eigenvalue weighted by atomic mass is 19.4. The number of aliphatic hydroxyl groups is 1. The van der Waals surface area contributed by atoms with Gasteiger partial charge in [0.1, 0.15) is 5.82 Å². The van der Waals surface area contributed by atoms with E-state index in [0.29, 0.717) is 13.0 Å². The summed E-state index contributed by atoms with van der Waals surface area (Å²) in [6.07, 6.45) is -2.49. The molecule has 1 aromatic rings. The second-order valence-electron chi connectivity index (χ2n) is 3.90. The van der Waals surface area contributed by atoms with Gasteiger partial charge in [-0.3, -0.25) is 0 Å². The number of nitrogens with one attached hydrogen (secondary N) is 1.